The van der Waals surface area contributed by atoms with Gasteiger partial charge in [0.25, 0.3) is 0 Å². The van der Waals surface area contributed by atoms with Gasteiger partial charge >= 0.3 is 0 Å². The maximum absolute atomic E-state index is 12.9. The molecule has 1 amide bonds. The summed E-state index contributed by atoms with van der Waals surface area (Å²) < 4.78 is 32.7. The van der Waals surface area contributed by atoms with E-state index in [9.17, 15) is 13.2 Å². The van der Waals surface area contributed by atoms with Crippen LogP contribution in [0, 0.1) is 6.92 Å². The lowest BCUT2D eigenvalue weighted by Crippen LogP contribution is -2.28. The summed E-state index contributed by atoms with van der Waals surface area (Å²) in [7, 11) is -1.96. The second-order valence-electron chi connectivity index (χ2n) is 7.60. The topological polar surface area (TPSA) is 75.7 Å². The molecule has 6 nitrogen and oxygen atoms in total. The van der Waals surface area contributed by atoms with Crippen molar-refractivity contribution in [3.8, 4) is 5.75 Å². The predicted molar refractivity (Wildman–Crippen MR) is 118 cm³/mol. The molecule has 2 aromatic rings. The van der Waals surface area contributed by atoms with Crippen LogP contribution in [0.1, 0.15) is 42.9 Å². The SMILES string of the molecule is CCc1cccc(C)c1NC(=O)CCc1cc(S(=O)(=O)N2CCCC2)ccc1OC. The van der Waals surface area contributed by atoms with E-state index in [-0.39, 0.29) is 17.2 Å². The van der Waals surface area contributed by atoms with E-state index in [4.69, 9.17) is 4.74 Å². The Morgan fingerprint density at radius 1 is 1.13 bits per heavy atom. The van der Waals surface area contributed by atoms with Crippen LogP contribution in [-0.2, 0) is 27.7 Å². The molecule has 1 fully saturated rings. The third-order valence-electron chi connectivity index (χ3n) is 5.58. The number of para-hydroxylation sites is 1. The fourth-order valence-electron chi connectivity index (χ4n) is 3.84. The summed E-state index contributed by atoms with van der Waals surface area (Å²) in [6.07, 6.45) is 3.25. The number of carbonyl (C=O) groups excluding carboxylic acids is 1. The number of carbonyl (C=O) groups is 1. The Bertz CT molecular complexity index is 1010. The number of methoxy groups -OCH3 is 1. The van der Waals surface area contributed by atoms with Crippen molar-refractivity contribution in [2.24, 2.45) is 0 Å². The van der Waals surface area contributed by atoms with E-state index in [1.807, 2.05) is 25.1 Å². The van der Waals surface area contributed by atoms with Crippen LogP contribution in [0.5, 0.6) is 5.75 Å². The van der Waals surface area contributed by atoms with Crippen LogP contribution in [0.3, 0.4) is 0 Å². The largest absolute Gasteiger partial charge is 0.496 e. The standard InChI is InChI=1S/C23H30N2O4S/c1-4-18-9-7-8-17(2)23(18)24-22(26)13-10-19-16-20(11-12-21(19)29-3)30(27,28)25-14-5-6-15-25/h7-9,11-12,16H,4-6,10,13-15H2,1-3H3,(H,24,26). The number of rotatable bonds is 8. The molecular weight excluding hydrogens is 400 g/mol. The molecule has 0 aliphatic carbocycles. The second kappa shape index (κ2) is 9.62. The summed E-state index contributed by atoms with van der Waals surface area (Å²) in [6.45, 7) is 5.15. The van der Waals surface area contributed by atoms with Gasteiger partial charge in [-0.05, 0) is 67.5 Å². The van der Waals surface area contributed by atoms with E-state index < -0.39 is 10.0 Å². The van der Waals surface area contributed by atoms with E-state index in [2.05, 4.69) is 12.2 Å². The van der Waals surface area contributed by atoms with E-state index >= 15 is 0 Å². The molecule has 1 aliphatic heterocycles. The highest BCUT2D eigenvalue weighted by Gasteiger charge is 2.27. The number of benzene rings is 2. The number of nitrogens with zero attached hydrogens (tertiary/aromatic N) is 1. The number of ether oxygens (including phenoxy) is 1. The molecule has 1 aliphatic rings. The molecule has 1 saturated heterocycles. The van der Waals surface area contributed by atoms with Crippen LogP contribution < -0.4 is 10.1 Å². The van der Waals surface area contributed by atoms with Gasteiger partial charge in [-0.2, -0.15) is 4.31 Å². The molecule has 0 aromatic heterocycles. The number of anilines is 1. The van der Waals surface area contributed by atoms with Gasteiger partial charge in [-0.15, -0.1) is 0 Å². The van der Waals surface area contributed by atoms with Gasteiger partial charge in [-0.25, -0.2) is 8.42 Å². The maximum atomic E-state index is 12.9. The lowest BCUT2D eigenvalue weighted by Gasteiger charge is -2.17. The molecular formula is C23H30N2O4S. The quantitative estimate of drug-likeness (QED) is 0.689. The average Bonchev–Trinajstić information content (AvgIpc) is 3.29. The Morgan fingerprint density at radius 3 is 2.53 bits per heavy atom. The minimum atomic E-state index is -3.51. The fourth-order valence-corrected chi connectivity index (χ4v) is 5.41. The number of hydrogen-bond acceptors (Lipinski definition) is 4. The normalized spacial score (nSPS) is 14.6. The van der Waals surface area contributed by atoms with Crippen LogP contribution in [0.25, 0.3) is 0 Å². The van der Waals surface area contributed by atoms with Crippen molar-refractivity contribution in [3.05, 3.63) is 53.1 Å². The van der Waals surface area contributed by atoms with Crippen molar-refractivity contribution in [1.29, 1.82) is 0 Å². The van der Waals surface area contributed by atoms with Gasteiger partial charge in [0.2, 0.25) is 15.9 Å². The molecule has 0 bridgehead atoms. The molecule has 0 unspecified atom stereocenters. The molecule has 0 spiro atoms. The first-order valence-electron chi connectivity index (χ1n) is 10.4. The lowest BCUT2D eigenvalue weighted by molar-refractivity contribution is -0.116. The zero-order chi connectivity index (χ0) is 21.7. The number of hydrogen-bond donors (Lipinski definition) is 1. The third-order valence-corrected chi connectivity index (χ3v) is 7.48. The summed E-state index contributed by atoms with van der Waals surface area (Å²) in [5.41, 5.74) is 3.70. The van der Waals surface area contributed by atoms with Gasteiger partial charge in [0.1, 0.15) is 5.75 Å². The monoisotopic (exact) mass is 430 g/mol. The molecule has 1 heterocycles. The van der Waals surface area contributed by atoms with Crippen LogP contribution in [0.15, 0.2) is 41.3 Å². The predicted octanol–water partition coefficient (Wildman–Crippen LogP) is 3.92. The van der Waals surface area contributed by atoms with Crippen molar-refractivity contribution < 1.29 is 17.9 Å². The molecule has 0 radical (unpaired) electrons. The van der Waals surface area contributed by atoms with E-state index in [1.54, 1.807) is 25.3 Å². The molecule has 30 heavy (non-hydrogen) atoms. The third kappa shape index (κ3) is 4.84. The molecule has 3 rings (SSSR count). The Kier molecular flexibility index (Phi) is 7.15. The minimum absolute atomic E-state index is 0.103. The Hall–Kier alpha value is -2.38. The summed E-state index contributed by atoms with van der Waals surface area (Å²) in [4.78, 5) is 12.9. The highest BCUT2D eigenvalue weighted by molar-refractivity contribution is 7.89. The van der Waals surface area contributed by atoms with Crippen LogP contribution in [-0.4, -0.2) is 38.8 Å². The van der Waals surface area contributed by atoms with E-state index in [0.29, 0.717) is 30.8 Å². The van der Waals surface area contributed by atoms with Gasteiger partial charge in [0, 0.05) is 25.2 Å². The van der Waals surface area contributed by atoms with E-state index in [1.165, 1.54) is 4.31 Å². The number of aryl methyl sites for hydroxylation is 3. The zero-order valence-corrected chi connectivity index (χ0v) is 18.7. The van der Waals surface area contributed by atoms with Crippen molar-refractivity contribution in [3.63, 3.8) is 0 Å². The Labute approximate surface area is 179 Å². The molecule has 7 heteroatoms. The highest BCUT2D eigenvalue weighted by atomic mass is 32.2. The summed E-state index contributed by atoms with van der Waals surface area (Å²) in [5, 5.41) is 3.02. The first kappa shape index (κ1) is 22.3. The summed E-state index contributed by atoms with van der Waals surface area (Å²) >= 11 is 0. The van der Waals surface area contributed by atoms with Gasteiger partial charge < -0.3 is 10.1 Å². The number of amides is 1. The molecule has 0 atom stereocenters. The van der Waals surface area contributed by atoms with Crippen molar-refractivity contribution in [2.75, 3.05) is 25.5 Å². The zero-order valence-electron chi connectivity index (χ0n) is 17.9. The molecule has 162 valence electrons. The Morgan fingerprint density at radius 2 is 1.87 bits per heavy atom. The smallest absolute Gasteiger partial charge is 0.243 e. The van der Waals surface area contributed by atoms with Gasteiger partial charge in [-0.3, -0.25) is 4.79 Å². The Balaban J connectivity index is 1.75. The number of sulfonamides is 1. The first-order chi connectivity index (χ1) is 14.4. The average molecular weight is 431 g/mol. The van der Waals surface area contributed by atoms with Crippen molar-refractivity contribution in [2.45, 2.75) is 50.8 Å². The van der Waals surface area contributed by atoms with Crippen molar-refractivity contribution >= 4 is 21.6 Å². The van der Waals surface area contributed by atoms with Gasteiger partial charge in [0.05, 0.1) is 12.0 Å². The highest BCUT2D eigenvalue weighted by Crippen LogP contribution is 2.28. The van der Waals surface area contributed by atoms with Crippen LogP contribution >= 0.6 is 0 Å². The molecule has 1 N–H and O–H groups in total. The summed E-state index contributed by atoms with van der Waals surface area (Å²) in [5.74, 6) is 0.488. The second-order valence-corrected chi connectivity index (χ2v) is 9.53. The lowest BCUT2D eigenvalue weighted by atomic mass is 10.0. The minimum Gasteiger partial charge on any atom is -0.496 e. The van der Waals surface area contributed by atoms with Crippen molar-refractivity contribution in [1.82, 2.24) is 4.31 Å². The van der Waals surface area contributed by atoms with Gasteiger partial charge in [0.15, 0.2) is 0 Å². The fraction of sp³-hybridized carbons (Fsp3) is 0.435. The van der Waals surface area contributed by atoms with Gasteiger partial charge in [-0.1, -0.05) is 25.1 Å². The molecule has 2 aromatic carbocycles. The molecule has 0 saturated carbocycles. The maximum Gasteiger partial charge on any atom is 0.243 e. The summed E-state index contributed by atoms with van der Waals surface area (Å²) in [6, 6.07) is 10.9. The number of nitrogens with one attached hydrogen (secondary N) is 1. The van der Waals surface area contributed by atoms with Crippen LogP contribution in [0.2, 0.25) is 0 Å². The van der Waals surface area contributed by atoms with Crippen LogP contribution in [0.4, 0.5) is 5.69 Å². The first-order valence-corrected chi connectivity index (χ1v) is 11.9. The van der Waals surface area contributed by atoms with E-state index in [0.717, 1.165) is 36.1 Å².